The molecule has 12 rings (SSSR count). The van der Waals surface area contributed by atoms with Crippen molar-refractivity contribution in [2.24, 2.45) is 5.92 Å². The molecule has 2 aromatic heterocycles. The summed E-state index contributed by atoms with van der Waals surface area (Å²) in [6.45, 7) is 2.35. The predicted molar refractivity (Wildman–Crippen MR) is 231 cm³/mol. The average Bonchev–Trinajstić information content (AvgIpc) is 3.87. The Kier molecular flexibility index (Phi) is 6.41. The van der Waals surface area contributed by atoms with Crippen LogP contribution in [0.5, 0.6) is 0 Å². The molecule has 2 heteroatoms. The highest BCUT2D eigenvalue weighted by Crippen LogP contribution is 2.51. The maximum absolute atomic E-state index is 2.49. The number of benzene rings is 8. The Balaban J connectivity index is 0.941. The van der Waals surface area contributed by atoms with Crippen molar-refractivity contribution < 1.29 is 0 Å². The van der Waals surface area contributed by atoms with Crippen molar-refractivity contribution in [1.29, 1.82) is 0 Å². The van der Waals surface area contributed by atoms with Crippen LogP contribution in [0.4, 0.5) is 0 Å². The molecule has 0 aliphatic heterocycles. The number of allylic oxidation sites excluding steroid dienone is 1. The smallest absolute Gasteiger partial charge is 0.0542 e. The third kappa shape index (κ3) is 4.43. The van der Waals surface area contributed by atoms with E-state index < -0.39 is 0 Å². The van der Waals surface area contributed by atoms with Crippen LogP contribution in [0, 0.1) is 5.92 Å². The molecule has 2 aliphatic rings. The van der Waals surface area contributed by atoms with Gasteiger partial charge in [-0.15, -0.1) is 0 Å². The van der Waals surface area contributed by atoms with E-state index in [4.69, 9.17) is 0 Å². The van der Waals surface area contributed by atoms with Gasteiger partial charge in [0, 0.05) is 32.9 Å². The summed E-state index contributed by atoms with van der Waals surface area (Å²) < 4.78 is 4.83. The van der Waals surface area contributed by atoms with Crippen LogP contribution in [0.15, 0.2) is 182 Å². The van der Waals surface area contributed by atoms with Gasteiger partial charge in [-0.2, -0.15) is 0 Å². The Morgan fingerprint density at radius 1 is 0.400 bits per heavy atom. The molecule has 55 heavy (non-hydrogen) atoms. The van der Waals surface area contributed by atoms with Gasteiger partial charge in [0.1, 0.15) is 0 Å². The molecule has 0 bridgehead atoms. The van der Waals surface area contributed by atoms with Crippen LogP contribution in [0.3, 0.4) is 0 Å². The summed E-state index contributed by atoms with van der Waals surface area (Å²) in [5.74, 6) is 0.500. The Bertz CT molecular complexity index is 3190. The van der Waals surface area contributed by atoms with E-state index in [0.717, 1.165) is 12.1 Å². The van der Waals surface area contributed by atoms with E-state index >= 15 is 0 Å². The normalized spacial score (nSPS) is 14.5. The quantitative estimate of drug-likeness (QED) is 0.173. The highest BCUT2D eigenvalue weighted by molar-refractivity contribution is 6.12. The summed E-state index contributed by atoms with van der Waals surface area (Å²) in [4.78, 5) is 0. The molecule has 1 unspecified atom stereocenters. The number of hydrogen-bond acceptors (Lipinski definition) is 0. The van der Waals surface area contributed by atoms with Crippen LogP contribution >= 0.6 is 0 Å². The van der Waals surface area contributed by atoms with Gasteiger partial charge in [-0.3, -0.25) is 0 Å². The first kappa shape index (κ1) is 30.6. The van der Waals surface area contributed by atoms with E-state index in [1.807, 2.05) is 0 Å². The summed E-state index contributed by atoms with van der Waals surface area (Å²) in [7, 11) is 0. The van der Waals surface area contributed by atoms with Gasteiger partial charge < -0.3 is 9.13 Å². The zero-order valence-electron chi connectivity index (χ0n) is 30.5. The molecule has 2 nitrogen and oxygen atoms in total. The lowest BCUT2D eigenvalue weighted by Crippen LogP contribution is -2.08. The fraction of sp³-hybridized carbons (Fsp3) is 0.0566. The maximum Gasteiger partial charge on any atom is 0.0542 e. The SMILES string of the molecule is CC1C=C2c3ccccc3-c3ccc(-c4cccc(-c5ccc(-n6c7ccccc7c7cc(-n8c9ccccc9c9ccccc98)ccc76)cc5)c4)c(c32)C1. The second kappa shape index (κ2) is 11.5. The Labute approximate surface area is 319 Å². The van der Waals surface area contributed by atoms with Gasteiger partial charge in [-0.05, 0) is 123 Å². The second-order valence-electron chi connectivity index (χ2n) is 15.4. The Morgan fingerprint density at radius 2 is 0.964 bits per heavy atom. The molecule has 2 heterocycles. The molecule has 10 aromatic rings. The molecule has 1 atom stereocenters. The molecule has 0 radical (unpaired) electrons. The third-order valence-electron chi connectivity index (χ3n) is 12.2. The largest absolute Gasteiger partial charge is 0.309 e. The zero-order chi connectivity index (χ0) is 36.2. The number of para-hydroxylation sites is 3. The zero-order valence-corrected chi connectivity index (χ0v) is 30.5. The maximum atomic E-state index is 2.49. The van der Waals surface area contributed by atoms with E-state index in [2.05, 4.69) is 198 Å². The minimum Gasteiger partial charge on any atom is -0.309 e. The van der Waals surface area contributed by atoms with Crippen molar-refractivity contribution in [1.82, 2.24) is 9.13 Å². The lowest BCUT2D eigenvalue weighted by atomic mass is 9.80. The average molecular weight is 701 g/mol. The van der Waals surface area contributed by atoms with Crippen molar-refractivity contribution in [3.8, 4) is 44.8 Å². The van der Waals surface area contributed by atoms with Gasteiger partial charge >= 0.3 is 0 Å². The molecule has 2 aliphatic carbocycles. The fourth-order valence-corrected chi connectivity index (χ4v) is 9.84. The Morgan fingerprint density at radius 3 is 1.69 bits per heavy atom. The van der Waals surface area contributed by atoms with Gasteiger partial charge in [0.2, 0.25) is 0 Å². The lowest BCUT2D eigenvalue weighted by molar-refractivity contribution is 0.716. The van der Waals surface area contributed by atoms with E-state index in [0.29, 0.717) is 5.92 Å². The molecule has 0 N–H and O–H groups in total. The number of aromatic nitrogens is 2. The van der Waals surface area contributed by atoms with E-state index in [1.54, 1.807) is 0 Å². The van der Waals surface area contributed by atoms with Gasteiger partial charge in [0.15, 0.2) is 0 Å². The number of nitrogens with zero attached hydrogens (tertiary/aromatic N) is 2. The molecule has 0 saturated heterocycles. The monoisotopic (exact) mass is 700 g/mol. The summed E-state index contributed by atoms with van der Waals surface area (Å²) in [6, 6.07) is 65.1. The lowest BCUT2D eigenvalue weighted by Gasteiger charge is -2.23. The molecule has 0 saturated carbocycles. The molecule has 258 valence electrons. The van der Waals surface area contributed by atoms with Crippen molar-refractivity contribution in [3.63, 3.8) is 0 Å². The number of fused-ring (bicyclic) bond motifs is 9. The van der Waals surface area contributed by atoms with Crippen molar-refractivity contribution in [2.75, 3.05) is 0 Å². The number of hydrogen-bond donors (Lipinski definition) is 0. The summed E-state index contributed by atoms with van der Waals surface area (Å²) in [6.07, 6.45) is 3.55. The standard InChI is InChI=1S/C53H36N2/c1-33-29-47-39(26-27-45-40-13-2-3-14-41(40)48(30-33)53(45)47)36-12-10-11-35(31-36)34-21-23-37(24-22-34)54-51-20-9-6-17-44(51)46-32-38(25-28-52(46)54)55-49-18-7-4-15-42(49)43-16-5-8-19-50(43)55/h2-28,30-33H,29H2,1H3. The van der Waals surface area contributed by atoms with E-state index in [1.165, 1.54) is 105 Å². The predicted octanol–water partition coefficient (Wildman–Crippen LogP) is 13.8. The van der Waals surface area contributed by atoms with Crippen LogP contribution in [0.1, 0.15) is 23.6 Å². The first-order valence-corrected chi connectivity index (χ1v) is 19.4. The summed E-state index contributed by atoms with van der Waals surface area (Å²) in [5.41, 5.74) is 20.8. The number of rotatable bonds is 4. The van der Waals surface area contributed by atoms with Crippen LogP contribution < -0.4 is 0 Å². The van der Waals surface area contributed by atoms with E-state index in [9.17, 15) is 0 Å². The summed E-state index contributed by atoms with van der Waals surface area (Å²) >= 11 is 0. The van der Waals surface area contributed by atoms with Crippen LogP contribution in [-0.2, 0) is 6.42 Å². The molecule has 0 amide bonds. The molecule has 0 fully saturated rings. The summed E-state index contributed by atoms with van der Waals surface area (Å²) in [5, 5.41) is 5.06. The van der Waals surface area contributed by atoms with Crippen molar-refractivity contribution >= 4 is 49.2 Å². The van der Waals surface area contributed by atoms with Gasteiger partial charge in [-0.25, -0.2) is 0 Å². The van der Waals surface area contributed by atoms with Gasteiger partial charge in [-0.1, -0.05) is 134 Å². The van der Waals surface area contributed by atoms with Crippen LogP contribution in [0.2, 0.25) is 0 Å². The van der Waals surface area contributed by atoms with Crippen molar-refractivity contribution in [2.45, 2.75) is 13.3 Å². The first-order chi connectivity index (χ1) is 27.2. The second-order valence-corrected chi connectivity index (χ2v) is 15.4. The van der Waals surface area contributed by atoms with Crippen LogP contribution in [-0.4, -0.2) is 9.13 Å². The third-order valence-corrected chi connectivity index (χ3v) is 12.2. The Hall–Kier alpha value is -6.90. The molecule has 0 spiro atoms. The molecule has 8 aromatic carbocycles. The van der Waals surface area contributed by atoms with E-state index in [-0.39, 0.29) is 0 Å². The minimum atomic E-state index is 0.500. The molecular formula is C53H36N2. The first-order valence-electron chi connectivity index (χ1n) is 19.4. The minimum absolute atomic E-state index is 0.500. The molecular weight excluding hydrogens is 665 g/mol. The van der Waals surface area contributed by atoms with Crippen molar-refractivity contribution in [3.05, 3.63) is 199 Å². The topological polar surface area (TPSA) is 9.86 Å². The van der Waals surface area contributed by atoms with Crippen LogP contribution in [0.25, 0.3) is 93.9 Å². The fourth-order valence-electron chi connectivity index (χ4n) is 9.84. The highest BCUT2D eigenvalue weighted by atomic mass is 15.0. The highest BCUT2D eigenvalue weighted by Gasteiger charge is 2.31. The van der Waals surface area contributed by atoms with Gasteiger partial charge in [0.25, 0.3) is 0 Å². The van der Waals surface area contributed by atoms with Gasteiger partial charge in [0.05, 0.1) is 22.1 Å².